The number of hydrogen-bond acceptors (Lipinski definition) is 9. The Kier molecular flexibility index (Phi) is 12.6. The van der Waals surface area contributed by atoms with Gasteiger partial charge in [0, 0.05) is 60.1 Å². The molecule has 0 saturated carbocycles. The molecule has 0 bridgehead atoms. The van der Waals surface area contributed by atoms with Crippen LogP contribution in [0.5, 0.6) is 5.75 Å². The minimum absolute atomic E-state index is 0.0205. The van der Waals surface area contributed by atoms with Gasteiger partial charge in [0.25, 0.3) is 17.7 Å². The van der Waals surface area contributed by atoms with Crippen molar-refractivity contribution in [3.63, 3.8) is 0 Å². The van der Waals surface area contributed by atoms with Crippen LogP contribution in [0.1, 0.15) is 40.3 Å². The third kappa shape index (κ3) is 8.67. The van der Waals surface area contributed by atoms with Crippen LogP contribution in [0.3, 0.4) is 0 Å². The van der Waals surface area contributed by atoms with Crippen molar-refractivity contribution in [3.05, 3.63) is 101 Å². The second-order valence-corrected chi connectivity index (χ2v) is 10.0. The third-order valence-corrected chi connectivity index (χ3v) is 7.08. The van der Waals surface area contributed by atoms with E-state index in [1.807, 2.05) is 44.2 Å². The van der Waals surface area contributed by atoms with Gasteiger partial charge in [-0.15, -0.1) is 0 Å². The standard InChI is InChI=1S/C31H35N7O5.C2H6/c1-35(2)36(3)31(43)27(26(21-39)33-20-22-10-5-4-6-11-22)34-24-14-9-12-23(28(24)40)29(41)37-16-18-38(19-17-37)30(42)25-13-7-8-15-32-25;1-2/h4-15,21,33-34,40H,16-20H2,1-3H3;1-2H3/b27-26-;. The maximum atomic E-state index is 13.4. The molecule has 0 spiro atoms. The lowest BCUT2D eigenvalue weighted by Gasteiger charge is -2.34. The fraction of sp³-hybridized carbons (Fsp3) is 0.303. The predicted octanol–water partition coefficient (Wildman–Crippen LogP) is 2.96. The summed E-state index contributed by atoms with van der Waals surface area (Å²) >= 11 is 0. The third-order valence-electron chi connectivity index (χ3n) is 7.08. The van der Waals surface area contributed by atoms with Gasteiger partial charge < -0.3 is 25.5 Å². The molecule has 1 aliphatic rings. The smallest absolute Gasteiger partial charge is 0.286 e. The van der Waals surface area contributed by atoms with Crippen molar-refractivity contribution < 1.29 is 24.3 Å². The summed E-state index contributed by atoms with van der Waals surface area (Å²) in [6, 6.07) is 19.1. The number of carbonyl (C=O) groups is 4. The average molecular weight is 616 g/mol. The van der Waals surface area contributed by atoms with Crippen LogP contribution in [-0.4, -0.2) is 101 Å². The van der Waals surface area contributed by atoms with Gasteiger partial charge in [0.1, 0.15) is 17.1 Å². The highest BCUT2D eigenvalue weighted by atomic mass is 16.3. The minimum atomic E-state index is -0.544. The van der Waals surface area contributed by atoms with E-state index in [9.17, 15) is 24.3 Å². The van der Waals surface area contributed by atoms with Gasteiger partial charge in [-0.05, 0) is 29.8 Å². The molecule has 2 heterocycles. The molecule has 0 atom stereocenters. The van der Waals surface area contributed by atoms with Gasteiger partial charge in [-0.2, -0.15) is 0 Å². The van der Waals surface area contributed by atoms with Gasteiger partial charge in [-0.25, -0.2) is 5.01 Å². The van der Waals surface area contributed by atoms with Crippen molar-refractivity contribution in [2.75, 3.05) is 52.6 Å². The van der Waals surface area contributed by atoms with Crippen LogP contribution < -0.4 is 10.6 Å². The van der Waals surface area contributed by atoms with E-state index in [1.165, 1.54) is 17.1 Å². The summed E-state index contributed by atoms with van der Waals surface area (Å²) < 4.78 is 0. The Hall–Kier alpha value is -5.23. The Morgan fingerprint density at radius 3 is 2.07 bits per heavy atom. The second kappa shape index (κ2) is 16.6. The molecular weight excluding hydrogens is 574 g/mol. The van der Waals surface area contributed by atoms with E-state index in [-0.39, 0.29) is 53.9 Å². The highest BCUT2D eigenvalue weighted by Crippen LogP contribution is 2.30. The Balaban J connectivity index is 0.00000271. The molecule has 0 aliphatic carbocycles. The number of aldehydes is 1. The van der Waals surface area contributed by atoms with Crippen LogP contribution in [0, 0.1) is 0 Å². The van der Waals surface area contributed by atoms with E-state index in [1.54, 1.807) is 66.4 Å². The molecule has 4 rings (SSSR count). The highest BCUT2D eigenvalue weighted by molar-refractivity contribution is 6.03. The first kappa shape index (κ1) is 34.3. The first-order valence-electron chi connectivity index (χ1n) is 14.7. The summed E-state index contributed by atoms with van der Waals surface area (Å²) in [4.78, 5) is 59.1. The van der Waals surface area contributed by atoms with Gasteiger partial charge in [0.2, 0.25) is 0 Å². The lowest BCUT2D eigenvalue weighted by Crippen LogP contribution is -2.50. The normalized spacial score (nSPS) is 13.2. The van der Waals surface area contributed by atoms with Crippen molar-refractivity contribution in [3.8, 4) is 5.75 Å². The van der Waals surface area contributed by atoms with Gasteiger partial charge in [-0.1, -0.05) is 56.3 Å². The fourth-order valence-electron chi connectivity index (χ4n) is 4.45. The first-order valence-corrected chi connectivity index (χ1v) is 14.7. The van der Waals surface area contributed by atoms with E-state index < -0.39 is 11.8 Å². The number of phenolic OH excluding ortho intramolecular Hbond substituents is 1. The molecule has 1 aliphatic heterocycles. The molecule has 45 heavy (non-hydrogen) atoms. The Labute approximate surface area is 263 Å². The maximum absolute atomic E-state index is 13.4. The number of phenols is 1. The molecule has 12 heteroatoms. The number of pyridine rings is 1. The molecule has 1 aromatic heterocycles. The molecule has 0 unspecified atom stereocenters. The summed E-state index contributed by atoms with van der Waals surface area (Å²) in [6.45, 7) is 5.44. The van der Waals surface area contributed by atoms with E-state index in [2.05, 4.69) is 15.6 Å². The number of aromatic hydroxyl groups is 1. The summed E-state index contributed by atoms with van der Waals surface area (Å²) in [7, 11) is 4.89. The predicted molar refractivity (Wildman–Crippen MR) is 172 cm³/mol. The number of allylic oxidation sites excluding steroid dienone is 1. The SMILES string of the molecule is CC.CN(C)N(C)C(=O)/C(Nc1cccc(C(=O)N2CCN(C(=O)c3ccccn3)CC2)c1O)=C(\C=O)NCc1ccccc1. The number of nitrogens with zero attached hydrogens (tertiary/aromatic N) is 5. The van der Waals surface area contributed by atoms with E-state index in [4.69, 9.17) is 0 Å². The van der Waals surface area contributed by atoms with Crippen LogP contribution in [0.2, 0.25) is 0 Å². The van der Waals surface area contributed by atoms with Gasteiger partial charge in [0.05, 0.1) is 11.3 Å². The van der Waals surface area contributed by atoms with Crippen molar-refractivity contribution in [2.45, 2.75) is 20.4 Å². The summed E-state index contributed by atoms with van der Waals surface area (Å²) in [6.07, 6.45) is 2.09. The molecule has 3 N–H and O–H groups in total. The quantitative estimate of drug-likeness (QED) is 0.136. The van der Waals surface area contributed by atoms with Crippen molar-refractivity contribution in [2.24, 2.45) is 0 Å². The van der Waals surface area contributed by atoms with Crippen molar-refractivity contribution in [1.82, 2.24) is 30.1 Å². The number of piperazine rings is 1. The zero-order valence-corrected chi connectivity index (χ0v) is 26.4. The zero-order chi connectivity index (χ0) is 32.9. The van der Waals surface area contributed by atoms with E-state index in [0.29, 0.717) is 25.1 Å². The lowest BCUT2D eigenvalue weighted by atomic mass is 10.1. The fourth-order valence-corrected chi connectivity index (χ4v) is 4.45. The van der Waals surface area contributed by atoms with Crippen LogP contribution in [0.25, 0.3) is 0 Å². The molecule has 1 saturated heterocycles. The number of carbonyl (C=O) groups excluding carboxylic acids is 4. The summed E-state index contributed by atoms with van der Waals surface area (Å²) in [5.41, 5.74) is 1.20. The van der Waals surface area contributed by atoms with Gasteiger partial charge >= 0.3 is 0 Å². The van der Waals surface area contributed by atoms with Gasteiger partial charge in [-0.3, -0.25) is 29.2 Å². The van der Waals surface area contributed by atoms with Crippen molar-refractivity contribution >= 4 is 29.7 Å². The summed E-state index contributed by atoms with van der Waals surface area (Å²) in [5, 5.41) is 19.9. The summed E-state index contributed by atoms with van der Waals surface area (Å²) in [5.74, 6) is -1.55. The number of benzene rings is 2. The minimum Gasteiger partial charge on any atom is -0.505 e. The van der Waals surface area contributed by atoms with Crippen LogP contribution in [0.15, 0.2) is 84.3 Å². The Bertz CT molecular complexity index is 1490. The topological polar surface area (TPSA) is 138 Å². The number of aromatic nitrogens is 1. The average Bonchev–Trinajstić information content (AvgIpc) is 3.09. The molecule has 3 aromatic rings. The molecule has 2 aromatic carbocycles. The van der Waals surface area contributed by atoms with E-state index in [0.717, 1.165) is 5.56 Å². The first-order chi connectivity index (χ1) is 21.7. The van der Waals surface area contributed by atoms with Crippen molar-refractivity contribution in [1.29, 1.82) is 0 Å². The molecule has 1 fully saturated rings. The molecule has 3 amide bonds. The molecule has 238 valence electrons. The number of nitrogens with one attached hydrogen (secondary N) is 2. The number of amides is 3. The molecular formula is C33H41N7O5. The number of para-hydroxylation sites is 1. The van der Waals surface area contributed by atoms with Crippen LogP contribution >= 0.6 is 0 Å². The Morgan fingerprint density at radius 2 is 1.49 bits per heavy atom. The number of rotatable bonds is 10. The van der Waals surface area contributed by atoms with E-state index >= 15 is 0 Å². The Morgan fingerprint density at radius 1 is 0.867 bits per heavy atom. The monoisotopic (exact) mass is 615 g/mol. The maximum Gasteiger partial charge on any atom is 0.286 e. The number of anilines is 1. The lowest BCUT2D eigenvalue weighted by molar-refractivity contribution is -0.137. The van der Waals surface area contributed by atoms with Gasteiger partial charge in [0.15, 0.2) is 12.0 Å². The number of hydrogen-bond donors (Lipinski definition) is 3. The highest BCUT2D eigenvalue weighted by Gasteiger charge is 2.29. The molecule has 0 radical (unpaired) electrons. The van der Waals surface area contributed by atoms with Crippen LogP contribution in [0.4, 0.5) is 5.69 Å². The molecule has 12 nitrogen and oxygen atoms in total. The van der Waals surface area contributed by atoms with Crippen LogP contribution in [-0.2, 0) is 16.1 Å². The largest absolute Gasteiger partial charge is 0.505 e. The number of hydrazine groups is 1. The second-order valence-electron chi connectivity index (χ2n) is 10.0. The number of likely N-dealkylation sites (N-methyl/N-ethyl adjacent to an activating group) is 1. The zero-order valence-electron chi connectivity index (χ0n) is 26.4.